The van der Waals surface area contributed by atoms with Crippen molar-refractivity contribution in [1.82, 2.24) is 15.1 Å². The van der Waals surface area contributed by atoms with E-state index in [-0.39, 0.29) is 0 Å². The highest BCUT2D eigenvalue weighted by Gasteiger charge is 2.34. The zero-order valence-electron chi connectivity index (χ0n) is 13.5. The Labute approximate surface area is 125 Å². The molecule has 20 heavy (non-hydrogen) atoms. The van der Waals surface area contributed by atoms with E-state index in [2.05, 4.69) is 29.0 Å². The predicted molar refractivity (Wildman–Crippen MR) is 85.0 cm³/mol. The molecule has 0 bridgehead atoms. The van der Waals surface area contributed by atoms with E-state index >= 15 is 0 Å². The van der Waals surface area contributed by atoms with Crippen LogP contribution in [0.4, 0.5) is 0 Å². The van der Waals surface area contributed by atoms with Crippen molar-refractivity contribution in [3.8, 4) is 0 Å². The SMILES string of the molecule is CCNC1CCC(C)CC1N1CCN(CC2CC2)CC1. The van der Waals surface area contributed by atoms with E-state index in [1.807, 2.05) is 0 Å². The van der Waals surface area contributed by atoms with Crippen molar-refractivity contribution >= 4 is 0 Å². The second-order valence-corrected chi connectivity index (χ2v) is 7.43. The van der Waals surface area contributed by atoms with E-state index in [4.69, 9.17) is 0 Å². The molecular formula is C17H33N3. The van der Waals surface area contributed by atoms with Gasteiger partial charge in [-0.25, -0.2) is 0 Å². The summed E-state index contributed by atoms with van der Waals surface area (Å²) in [6, 6.07) is 1.54. The molecular weight excluding hydrogens is 246 g/mol. The predicted octanol–water partition coefficient (Wildman–Crippen LogP) is 2.18. The summed E-state index contributed by atoms with van der Waals surface area (Å²) in [7, 11) is 0. The highest BCUT2D eigenvalue weighted by molar-refractivity contribution is 4.92. The average molecular weight is 279 g/mol. The van der Waals surface area contributed by atoms with Gasteiger partial charge in [0.05, 0.1) is 0 Å². The number of nitrogens with zero attached hydrogens (tertiary/aromatic N) is 2. The number of hydrogen-bond acceptors (Lipinski definition) is 3. The van der Waals surface area contributed by atoms with Gasteiger partial charge in [-0.3, -0.25) is 4.90 Å². The fourth-order valence-corrected chi connectivity index (χ4v) is 4.20. The number of nitrogens with one attached hydrogen (secondary N) is 1. The van der Waals surface area contributed by atoms with Crippen LogP contribution in [0.1, 0.15) is 46.0 Å². The van der Waals surface area contributed by atoms with Gasteiger partial charge >= 0.3 is 0 Å². The Morgan fingerprint density at radius 3 is 2.40 bits per heavy atom. The van der Waals surface area contributed by atoms with E-state index in [9.17, 15) is 0 Å². The Morgan fingerprint density at radius 2 is 1.75 bits per heavy atom. The minimum Gasteiger partial charge on any atom is -0.313 e. The lowest BCUT2D eigenvalue weighted by Gasteiger charge is -2.46. The van der Waals surface area contributed by atoms with Crippen LogP contribution < -0.4 is 5.32 Å². The monoisotopic (exact) mass is 279 g/mol. The first kappa shape index (κ1) is 14.8. The second kappa shape index (κ2) is 6.76. The molecule has 2 saturated carbocycles. The summed E-state index contributed by atoms with van der Waals surface area (Å²) in [5.41, 5.74) is 0. The molecule has 0 spiro atoms. The smallest absolute Gasteiger partial charge is 0.0252 e. The van der Waals surface area contributed by atoms with Crippen molar-refractivity contribution in [2.24, 2.45) is 11.8 Å². The quantitative estimate of drug-likeness (QED) is 0.832. The minimum atomic E-state index is 0.742. The van der Waals surface area contributed by atoms with Crippen LogP contribution in [-0.4, -0.2) is 61.2 Å². The van der Waals surface area contributed by atoms with Crippen molar-refractivity contribution < 1.29 is 0 Å². The third-order valence-electron chi connectivity index (χ3n) is 5.63. The summed E-state index contributed by atoms with van der Waals surface area (Å²) in [5, 5.41) is 3.75. The van der Waals surface area contributed by atoms with Crippen molar-refractivity contribution in [1.29, 1.82) is 0 Å². The van der Waals surface area contributed by atoms with E-state index in [1.165, 1.54) is 64.8 Å². The van der Waals surface area contributed by atoms with Crippen LogP contribution in [0.25, 0.3) is 0 Å². The molecule has 3 nitrogen and oxygen atoms in total. The lowest BCUT2D eigenvalue weighted by atomic mass is 9.82. The first-order chi connectivity index (χ1) is 9.76. The number of piperazine rings is 1. The van der Waals surface area contributed by atoms with Crippen molar-refractivity contribution in [3.05, 3.63) is 0 Å². The summed E-state index contributed by atoms with van der Waals surface area (Å²) in [6.45, 7) is 12.4. The molecule has 1 heterocycles. The maximum Gasteiger partial charge on any atom is 0.0252 e. The van der Waals surface area contributed by atoms with Gasteiger partial charge in [0.2, 0.25) is 0 Å². The number of rotatable bonds is 5. The summed E-state index contributed by atoms with van der Waals surface area (Å²) in [6.07, 6.45) is 7.17. The maximum atomic E-state index is 3.75. The van der Waals surface area contributed by atoms with Gasteiger partial charge in [-0.1, -0.05) is 13.8 Å². The Bertz CT molecular complexity index is 295. The highest BCUT2D eigenvalue weighted by Crippen LogP contribution is 2.31. The van der Waals surface area contributed by atoms with Crippen LogP contribution in [0.15, 0.2) is 0 Å². The fourth-order valence-electron chi connectivity index (χ4n) is 4.20. The van der Waals surface area contributed by atoms with Gasteiger partial charge in [0, 0.05) is 44.8 Å². The second-order valence-electron chi connectivity index (χ2n) is 7.43. The number of likely N-dealkylation sites (N-methyl/N-ethyl adjacent to an activating group) is 1. The molecule has 0 aromatic rings. The maximum absolute atomic E-state index is 3.75. The van der Waals surface area contributed by atoms with Gasteiger partial charge in [-0.05, 0) is 50.5 Å². The summed E-state index contributed by atoms with van der Waals surface area (Å²) in [5.74, 6) is 1.96. The average Bonchev–Trinajstić information content (AvgIpc) is 3.26. The molecule has 0 aromatic carbocycles. The lowest BCUT2D eigenvalue weighted by Crippen LogP contribution is -2.58. The highest BCUT2D eigenvalue weighted by atomic mass is 15.3. The third kappa shape index (κ3) is 3.75. The zero-order chi connectivity index (χ0) is 13.9. The Balaban J connectivity index is 1.51. The van der Waals surface area contributed by atoms with Gasteiger partial charge in [0.25, 0.3) is 0 Å². The summed E-state index contributed by atoms with van der Waals surface area (Å²) >= 11 is 0. The van der Waals surface area contributed by atoms with Crippen LogP contribution in [0.5, 0.6) is 0 Å². The van der Waals surface area contributed by atoms with Crippen LogP contribution in [0, 0.1) is 11.8 Å². The Morgan fingerprint density at radius 1 is 1.00 bits per heavy atom. The molecule has 116 valence electrons. The van der Waals surface area contributed by atoms with E-state index in [0.29, 0.717) is 0 Å². The normalized spacial score (nSPS) is 37.2. The van der Waals surface area contributed by atoms with Gasteiger partial charge in [0.1, 0.15) is 0 Å². The Kier molecular flexibility index (Phi) is 5.00. The molecule has 3 aliphatic rings. The zero-order valence-corrected chi connectivity index (χ0v) is 13.5. The Hall–Kier alpha value is -0.120. The van der Waals surface area contributed by atoms with Crippen LogP contribution in [0.3, 0.4) is 0 Å². The van der Waals surface area contributed by atoms with Gasteiger partial charge in [-0.15, -0.1) is 0 Å². The number of hydrogen-bond donors (Lipinski definition) is 1. The molecule has 0 amide bonds. The molecule has 0 aromatic heterocycles. The molecule has 0 radical (unpaired) electrons. The van der Waals surface area contributed by atoms with Crippen molar-refractivity contribution in [3.63, 3.8) is 0 Å². The molecule has 3 unspecified atom stereocenters. The first-order valence-electron chi connectivity index (χ1n) is 8.96. The van der Waals surface area contributed by atoms with Crippen LogP contribution in [-0.2, 0) is 0 Å². The molecule has 1 aliphatic heterocycles. The van der Waals surface area contributed by atoms with Crippen LogP contribution >= 0.6 is 0 Å². The molecule has 3 heteroatoms. The topological polar surface area (TPSA) is 18.5 Å². The van der Waals surface area contributed by atoms with Gasteiger partial charge in [0.15, 0.2) is 0 Å². The molecule has 3 fully saturated rings. The van der Waals surface area contributed by atoms with E-state index < -0.39 is 0 Å². The third-order valence-corrected chi connectivity index (χ3v) is 5.63. The lowest BCUT2D eigenvalue weighted by molar-refractivity contribution is 0.0491. The van der Waals surface area contributed by atoms with Crippen molar-refractivity contribution in [2.75, 3.05) is 39.3 Å². The molecule has 3 rings (SSSR count). The fraction of sp³-hybridized carbons (Fsp3) is 1.00. The molecule has 1 N–H and O–H groups in total. The molecule has 2 aliphatic carbocycles. The van der Waals surface area contributed by atoms with E-state index in [0.717, 1.165) is 30.5 Å². The molecule has 1 saturated heterocycles. The van der Waals surface area contributed by atoms with Gasteiger partial charge < -0.3 is 10.2 Å². The molecule has 3 atom stereocenters. The largest absolute Gasteiger partial charge is 0.313 e. The summed E-state index contributed by atoms with van der Waals surface area (Å²) in [4.78, 5) is 5.51. The van der Waals surface area contributed by atoms with Gasteiger partial charge in [-0.2, -0.15) is 0 Å². The standard InChI is InChI=1S/C17H33N3/c1-3-18-16-7-4-14(2)12-17(16)20-10-8-19(9-11-20)13-15-5-6-15/h14-18H,3-13H2,1-2H3. The van der Waals surface area contributed by atoms with E-state index in [1.54, 1.807) is 0 Å². The van der Waals surface area contributed by atoms with Crippen molar-refractivity contribution in [2.45, 2.75) is 58.0 Å². The van der Waals surface area contributed by atoms with Crippen LogP contribution in [0.2, 0.25) is 0 Å². The first-order valence-corrected chi connectivity index (χ1v) is 8.96. The minimum absolute atomic E-state index is 0.742. The summed E-state index contributed by atoms with van der Waals surface area (Å²) < 4.78 is 0.